The van der Waals surface area contributed by atoms with E-state index >= 15 is 0 Å². The number of para-hydroxylation sites is 1. The molecule has 8 heteroatoms. The highest BCUT2D eigenvalue weighted by atomic mass is 16.6. The van der Waals surface area contributed by atoms with Crippen LogP contribution in [0.2, 0.25) is 0 Å². The molecule has 4 rings (SSSR count). The van der Waals surface area contributed by atoms with Crippen LogP contribution in [0.15, 0.2) is 42.5 Å². The predicted molar refractivity (Wildman–Crippen MR) is 136 cm³/mol. The molecular weight excluding hydrogens is 430 g/mol. The molecule has 2 aromatic carbocycles. The molecule has 2 N–H and O–H groups in total. The lowest BCUT2D eigenvalue weighted by atomic mass is 9.92. The lowest BCUT2D eigenvalue weighted by Gasteiger charge is -2.22. The molecule has 34 heavy (non-hydrogen) atoms. The standard InChI is InChI=1S/C26H31N5O3/c1-3-30(4-2)26(32)18-13-14-23(24(17-18)31(33)34)27-15-16-28-25-19-9-5-7-11-21(19)29-22-12-8-6-10-20(22)25/h5,7,9,11,13-14,17,27H,3-4,6,8,10,12,15-16H2,1-2H3,(H,28,29). The number of hydrogen-bond donors (Lipinski definition) is 2. The van der Waals surface area contributed by atoms with Gasteiger partial charge in [0.1, 0.15) is 5.69 Å². The summed E-state index contributed by atoms with van der Waals surface area (Å²) in [6, 6.07) is 12.8. The number of carbonyl (C=O) groups excluding carboxylic acids is 1. The number of nitrogens with one attached hydrogen (secondary N) is 2. The fraction of sp³-hybridized carbons (Fsp3) is 0.385. The second kappa shape index (κ2) is 10.5. The molecule has 8 nitrogen and oxygen atoms in total. The van der Waals surface area contributed by atoms with Crippen LogP contribution < -0.4 is 10.6 Å². The van der Waals surface area contributed by atoms with E-state index in [2.05, 4.69) is 16.7 Å². The van der Waals surface area contributed by atoms with E-state index in [9.17, 15) is 14.9 Å². The van der Waals surface area contributed by atoms with Crippen molar-refractivity contribution in [3.63, 3.8) is 0 Å². The first-order chi connectivity index (χ1) is 16.5. The maximum Gasteiger partial charge on any atom is 0.293 e. The molecule has 1 heterocycles. The number of aromatic nitrogens is 1. The number of amides is 1. The SMILES string of the molecule is CCN(CC)C(=O)c1ccc(NCCNc2c3c(nc4ccccc24)CCCC3)c([N+](=O)[O-])c1. The van der Waals surface area contributed by atoms with E-state index in [0.29, 0.717) is 37.4 Å². The molecular formula is C26H31N5O3. The molecule has 178 valence electrons. The summed E-state index contributed by atoms with van der Waals surface area (Å²) in [5, 5.41) is 19.5. The minimum Gasteiger partial charge on any atom is -0.382 e. The first kappa shape index (κ1) is 23.5. The van der Waals surface area contributed by atoms with Gasteiger partial charge in [0.25, 0.3) is 11.6 Å². The zero-order valence-electron chi connectivity index (χ0n) is 19.8. The van der Waals surface area contributed by atoms with Crippen molar-refractivity contribution >= 4 is 33.9 Å². The lowest BCUT2D eigenvalue weighted by molar-refractivity contribution is -0.384. The molecule has 1 aliphatic carbocycles. The van der Waals surface area contributed by atoms with Crippen molar-refractivity contribution in [3.05, 3.63) is 69.4 Å². The normalized spacial score (nSPS) is 12.8. The van der Waals surface area contributed by atoms with Gasteiger partial charge in [0, 0.05) is 54.6 Å². The second-order valence-corrected chi connectivity index (χ2v) is 8.46. The number of pyridine rings is 1. The number of hydrogen-bond acceptors (Lipinski definition) is 6. The first-order valence-electron chi connectivity index (χ1n) is 12.0. The predicted octanol–water partition coefficient (Wildman–Crippen LogP) is 5.03. The van der Waals surface area contributed by atoms with Crippen molar-refractivity contribution in [2.75, 3.05) is 36.8 Å². The molecule has 0 spiro atoms. The fourth-order valence-corrected chi connectivity index (χ4v) is 4.62. The Kier molecular flexibility index (Phi) is 7.25. The summed E-state index contributed by atoms with van der Waals surface area (Å²) in [4.78, 5) is 30.4. The molecule has 0 aliphatic heterocycles. The quantitative estimate of drug-likeness (QED) is 0.263. The summed E-state index contributed by atoms with van der Waals surface area (Å²) in [6.07, 6.45) is 4.33. The molecule has 0 bridgehead atoms. The molecule has 0 unspecified atom stereocenters. The number of rotatable bonds is 9. The average Bonchev–Trinajstić information content (AvgIpc) is 2.86. The number of carbonyl (C=O) groups is 1. The Bertz CT molecular complexity index is 1210. The highest BCUT2D eigenvalue weighted by Gasteiger charge is 2.21. The molecule has 0 saturated carbocycles. The molecule has 1 aliphatic rings. The third kappa shape index (κ3) is 4.81. The highest BCUT2D eigenvalue weighted by Crippen LogP contribution is 2.33. The van der Waals surface area contributed by atoms with Crippen LogP contribution in [0.3, 0.4) is 0 Å². The van der Waals surface area contributed by atoms with Crippen LogP contribution in [0.4, 0.5) is 17.1 Å². The zero-order chi connectivity index (χ0) is 24.1. The Morgan fingerprint density at radius 1 is 1.06 bits per heavy atom. The van der Waals surface area contributed by atoms with Crippen molar-refractivity contribution in [2.24, 2.45) is 0 Å². The molecule has 3 aromatic rings. The van der Waals surface area contributed by atoms with E-state index < -0.39 is 4.92 Å². The van der Waals surface area contributed by atoms with Crippen molar-refractivity contribution in [1.82, 2.24) is 9.88 Å². The van der Waals surface area contributed by atoms with Crippen LogP contribution in [0, 0.1) is 10.1 Å². The van der Waals surface area contributed by atoms with Gasteiger partial charge in [-0.15, -0.1) is 0 Å². The molecule has 0 fully saturated rings. The van der Waals surface area contributed by atoms with E-state index in [1.54, 1.807) is 17.0 Å². The Morgan fingerprint density at radius 2 is 1.79 bits per heavy atom. The van der Waals surface area contributed by atoms with Crippen molar-refractivity contribution < 1.29 is 9.72 Å². The zero-order valence-corrected chi connectivity index (χ0v) is 19.8. The summed E-state index contributed by atoms with van der Waals surface area (Å²) in [7, 11) is 0. The molecule has 0 radical (unpaired) electrons. The molecule has 1 amide bonds. The van der Waals surface area contributed by atoms with Crippen LogP contribution in [0.25, 0.3) is 10.9 Å². The summed E-state index contributed by atoms with van der Waals surface area (Å²) >= 11 is 0. The van der Waals surface area contributed by atoms with Crippen LogP contribution in [0.5, 0.6) is 0 Å². The Hall–Kier alpha value is -3.68. The van der Waals surface area contributed by atoms with Gasteiger partial charge in [0.15, 0.2) is 0 Å². The number of nitrogens with zero attached hydrogens (tertiary/aromatic N) is 3. The molecule has 0 saturated heterocycles. The van der Waals surface area contributed by atoms with Gasteiger partial charge in [-0.05, 0) is 63.3 Å². The maximum atomic E-state index is 12.6. The van der Waals surface area contributed by atoms with Crippen LogP contribution >= 0.6 is 0 Å². The third-order valence-corrected chi connectivity index (χ3v) is 6.40. The Labute approximate surface area is 199 Å². The minimum atomic E-state index is -0.443. The Balaban J connectivity index is 1.49. The summed E-state index contributed by atoms with van der Waals surface area (Å²) < 4.78 is 0. The topological polar surface area (TPSA) is 100 Å². The number of aryl methyl sites for hydroxylation is 1. The van der Waals surface area contributed by atoms with E-state index in [0.717, 1.165) is 42.3 Å². The van der Waals surface area contributed by atoms with E-state index in [4.69, 9.17) is 4.98 Å². The highest BCUT2D eigenvalue weighted by molar-refractivity contribution is 5.96. The first-order valence-corrected chi connectivity index (χ1v) is 12.0. The number of anilines is 2. The molecule has 0 atom stereocenters. The second-order valence-electron chi connectivity index (χ2n) is 8.46. The van der Waals surface area contributed by atoms with Gasteiger partial charge in [-0.25, -0.2) is 0 Å². The number of fused-ring (bicyclic) bond motifs is 2. The van der Waals surface area contributed by atoms with Gasteiger partial charge in [-0.1, -0.05) is 18.2 Å². The van der Waals surface area contributed by atoms with Gasteiger partial charge >= 0.3 is 0 Å². The van der Waals surface area contributed by atoms with E-state index in [-0.39, 0.29) is 11.6 Å². The smallest absolute Gasteiger partial charge is 0.293 e. The Morgan fingerprint density at radius 3 is 2.56 bits per heavy atom. The van der Waals surface area contributed by atoms with Gasteiger partial charge in [-0.2, -0.15) is 0 Å². The number of nitro benzene ring substituents is 1. The van der Waals surface area contributed by atoms with Gasteiger partial charge in [0.05, 0.1) is 10.4 Å². The van der Waals surface area contributed by atoms with Crippen LogP contribution in [-0.4, -0.2) is 46.9 Å². The minimum absolute atomic E-state index is 0.0928. The largest absolute Gasteiger partial charge is 0.382 e. The lowest BCUT2D eigenvalue weighted by Crippen LogP contribution is -2.30. The van der Waals surface area contributed by atoms with Crippen molar-refractivity contribution in [2.45, 2.75) is 39.5 Å². The fourth-order valence-electron chi connectivity index (χ4n) is 4.62. The summed E-state index contributed by atoms with van der Waals surface area (Å²) in [5.74, 6) is -0.198. The monoisotopic (exact) mass is 461 g/mol. The number of nitro groups is 1. The molecule has 1 aromatic heterocycles. The summed E-state index contributed by atoms with van der Waals surface area (Å²) in [6.45, 7) is 5.99. The van der Waals surface area contributed by atoms with Crippen molar-refractivity contribution in [3.8, 4) is 0 Å². The number of benzene rings is 2. The van der Waals surface area contributed by atoms with Crippen molar-refractivity contribution in [1.29, 1.82) is 0 Å². The van der Waals surface area contributed by atoms with Crippen LogP contribution in [0.1, 0.15) is 48.3 Å². The van der Waals surface area contributed by atoms with E-state index in [1.165, 1.54) is 17.3 Å². The van der Waals surface area contributed by atoms with Crippen LogP contribution in [-0.2, 0) is 12.8 Å². The van der Waals surface area contributed by atoms with E-state index in [1.807, 2.05) is 32.0 Å². The van der Waals surface area contributed by atoms with Gasteiger partial charge < -0.3 is 15.5 Å². The average molecular weight is 462 g/mol. The maximum absolute atomic E-state index is 12.6. The third-order valence-electron chi connectivity index (χ3n) is 6.40. The van der Waals surface area contributed by atoms with Gasteiger partial charge in [-0.3, -0.25) is 19.9 Å². The van der Waals surface area contributed by atoms with Gasteiger partial charge in [0.2, 0.25) is 0 Å². The summed E-state index contributed by atoms with van der Waals surface area (Å²) in [5.41, 5.74) is 5.21.